The number of carbonyl (C=O) groups is 2. The zero-order valence-corrected chi connectivity index (χ0v) is 15.2. The predicted molar refractivity (Wildman–Crippen MR) is 99.6 cm³/mol. The van der Waals surface area contributed by atoms with E-state index in [0.717, 1.165) is 23.4 Å². The van der Waals surface area contributed by atoms with Gasteiger partial charge in [-0.2, -0.15) is 0 Å². The second-order valence-corrected chi connectivity index (χ2v) is 7.38. The zero-order valence-electron chi connectivity index (χ0n) is 14.4. The summed E-state index contributed by atoms with van der Waals surface area (Å²) in [6.07, 6.45) is 5.65. The predicted octanol–water partition coefficient (Wildman–Crippen LogP) is 3.30. The Labute approximate surface area is 151 Å². The van der Waals surface area contributed by atoms with E-state index in [1.165, 1.54) is 30.6 Å². The van der Waals surface area contributed by atoms with Crippen molar-refractivity contribution in [2.45, 2.75) is 45.1 Å². The fourth-order valence-corrected chi connectivity index (χ4v) is 4.07. The second-order valence-electron chi connectivity index (χ2n) is 6.38. The molecule has 5 nitrogen and oxygen atoms in total. The number of aryl methyl sites for hydroxylation is 1. The Morgan fingerprint density at radius 3 is 2.60 bits per heavy atom. The molecule has 132 valence electrons. The molecule has 2 amide bonds. The molecule has 1 aliphatic rings. The van der Waals surface area contributed by atoms with Crippen LogP contribution in [0.1, 0.15) is 47.5 Å². The van der Waals surface area contributed by atoms with E-state index in [2.05, 4.69) is 15.6 Å². The van der Waals surface area contributed by atoms with Gasteiger partial charge in [0.25, 0.3) is 5.91 Å². The summed E-state index contributed by atoms with van der Waals surface area (Å²) in [4.78, 5) is 29.4. The largest absolute Gasteiger partial charge is 0.352 e. The number of hydrogen-bond acceptors (Lipinski definition) is 4. The summed E-state index contributed by atoms with van der Waals surface area (Å²) in [5.41, 5.74) is 1.68. The van der Waals surface area contributed by atoms with Gasteiger partial charge in [0.15, 0.2) is 0 Å². The van der Waals surface area contributed by atoms with Gasteiger partial charge in [-0.05, 0) is 19.8 Å². The molecule has 1 heterocycles. The third kappa shape index (κ3) is 4.66. The maximum atomic E-state index is 12.4. The third-order valence-electron chi connectivity index (χ3n) is 4.40. The number of benzene rings is 1. The molecule has 0 spiro atoms. The summed E-state index contributed by atoms with van der Waals surface area (Å²) in [5.74, 6) is -0.360. The van der Waals surface area contributed by atoms with Crippen LogP contribution in [0.15, 0.2) is 30.3 Å². The van der Waals surface area contributed by atoms with E-state index in [4.69, 9.17) is 0 Å². The Morgan fingerprint density at radius 1 is 1.16 bits per heavy atom. The molecule has 0 aliphatic heterocycles. The Balaban J connectivity index is 1.56. The van der Waals surface area contributed by atoms with Crippen molar-refractivity contribution >= 4 is 23.2 Å². The normalized spacial score (nSPS) is 14.9. The number of rotatable bonds is 5. The lowest BCUT2D eigenvalue weighted by molar-refractivity contribution is -0.121. The van der Waals surface area contributed by atoms with E-state index in [1.54, 1.807) is 0 Å². The van der Waals surface area contributed by atoms with Gasteiger partial charge in [0.05, 0.1) is 12.2 Å². The molecule has 0 unspecified atom stereocenters. The highest BCUT2D eigenvalue weighted by molar-refractivity contribution is 7.17. The first-order chi connectivity index (χ1) is 12.1. The van der Waals surface area contributed by atoms with Gasteiger partial charge >= 0.3 is 0 Å². The van der Waals surface area contributed by atoms with Gasteiger partial charge in [-0.25, -0.2) is 4.98 Å². The topological polar surface area (TPSA) is 71.1 Å². The van der Waals surface area contributed by atoms with Crippen LogP contribution in [0.3, 0.4) is 0 Å². The van der Waals surface area contributed by atoms with Crippen molar-refractivity contribution in [1.29, 1.82) is 0 Å². The van der Waals surface area contributed by atoms with Crippen molar-refractivity contribution < 1.29 is 9.59 Å². The van der Waals surface area contributed by atoms with Crippen LogP contribution in [0.25, 0.3) is 10.6 Å². The quantitative estimate of drug-likeness (QED) is 0.862. The first-order valence-corrected chi connectivity index (χ1v) is 9.55. The van der Waals surface area contributed by atoms with Crippen molar-refractivity contribution in [1.82, 2.24) is 15.6 Å². The molecule has 2 aromatic rings. The fraction of sp³-hybridized carbons (Fsp3) is 0.421. The lowest BCUT2D eigenvalue weighted by atomic mass is 9.95. The number of aromatic nitrogens is 1. The molecule has 1 fully saturated rings. The number of thiazole rings is 1. The van der Waals surface area contributed by atoms with Crippen molar-refractivity contribution in [2.24, 2.45) is 0 Å². The van der Waals surface area contributed by atoms with Gasteiger partial charge in [0.1, 0.15) is 9.88 Å². The molecule has 1 aromatic carbocycles. The van der Waals surface area contributed by atoms with Crippen LogP contribution >= 0.6 is 11.3 Å². The summed E-state index contributed by atoms with van der Waals surface area (Å²) in [6, 6.07) is 10.0. The summed E-state index contributed by atoms with van der Waals surface area (Å²) >= 11 is 1.35. The highest BCUT2D eigenvalue weighted by Gasteiger charge is 2.19. The zero-order chi connectivity index (χ0) is 17.6. The van der Waals surface area contributed by atoms with E-state index in [9.17, 15) is 9.59 Å². The van der Waals surface area contributed by atoms with Crippen molar-refractivity contribution in [2.75, 3.05) is 6.54 Å². The number of nitrogens with zero attached hydrogens (tertiary/aromatic N) is 1. The summed E-state index contributed by atoms with van der Waals surface area (Å²) < 4.78 is 0. The molecular formula is C19H23N3O2S. The molecule has 1 saturated carbocycles. The minimum Gasteiger partial charge on any atom is -0.352 e. The first kappa shape index (κ1) is 17.6. The molecular weight excluding hydrogens is 334 g/mol. The molecule has 0 radical (unpaired) electrons. The van der Waals surface area contributed by atoms with Crippen molar-refractivity contribution in [3.63, 3.8) is 0 Å². The Bertz CT molecular complexity index is 736. The van der Waals surface area contributed by atoms with E-state index in [0.29, 0.717) is 10.6 Å². The first-order valence-electron chi connectivity index (χ1n) is 8.74. The summed E-state index contributed by atoms with van der Waals surface area (Å²) in [5, 5.41) is 6.53. The highest BCUT2D eigenvalue weighted by atomic mass is 32.1. The number of carbonyl (C=O) groups excluding carboxylic acids is 2. The van der Waals surface area contributed by atoms with Crippen LogP contribution in [0.4, 0.5) is 0 Å². The fourth-order valence-electron chi connectivity index (χ4n) is 3.08. The van der Waals surface area contributed by atoms with E-state index < -0.39 is 0 Å². The smallest absolute Gasteiger partial charge is 0.263 e. The molecule has 1 aliphatic carbocycles. The van der Waals surface area contributed by atoms with Crippen LogP contribution in [0.5, 0.6) is 0 Å². The van der Waals surface area contributed by atoms with E-state index >= 15 is 0 Å². The molecule has 0 bridgehead atoms. The van der Waals surface area contributed by atoms with Gasteiger partial charge in [-0.15, -0.1) is 11.3 Å². The van der Waals surface area contributed by atoms with Crippen molar-refractivity contribution in [3.8, 4) is 10.6 Å². The second kappa shape index (κ2) is 8.25. The van der Waals surface area contributed by atoms with Crippen LogP contribution in [-0.2, 0) is 4.79 Å². The van der Waals surface area contributed by atoms with E-state index in [-0.39, 0.29) is 24.4 Å². The van der Waals surface area contributed by atoms with Crippen LogP contribution < -0.4 is 10.6 Å². The average Bonchev–Trinajstić information content (AvgIpc) is 3.03. The molecule has 3 rings (SSSR count). The van der Waals surface area contributed by atoms with Crippen LogP contribution in [0.2, 0.25) is 0 Å². The third-order valence-corrected chi connectivity index (χ3v) is 5.61. The molecule has 1 aromatic heterocycles. The highest BCUT2D eigenvalue weighted by Crippen LogP contribution is 2.27. The lowest BCUT2D eigenvalue weighted by Crippen LogP contribution is -2.42. The minimum absolute atomic E-state index is 0.00729. The SMILES string of the molecule is Cc1nc(-c2ccccc2)sc1C(=O)NCC(=O)NC1CCCCC1. The van der Waals surface area contributed by atoms with Gasteiger partial charge in [0, 0.05) is 11.6 Å². The molecule has 2 N–H and O–H groups in total. The van der Waals surface area contributed by atoms with Gasteiger partial charge in [-0.1, -0.05) is 49.6 Å². The summed E-state index contributed by atoms with van der Waals surface area (Å²) in [7, 11) is 0. The maximum Gasteiger partial charge on any atom is 0.263 e. The monoisotopic (exact) mass is 357 g/mol. The maximum absolute atomic E-state index is 12.4. The summed E-state index contributed by atoms with van der Waals surface area (Å²) in [6.45, 7) is 1.83. The van der Waals surface area contributed by atoms with E-state index in [1.807, 2.05) is 37.3 Å². The number of nitrogens with one attached hydrogen (secondary N) is 2. The number of hydrogen-bond donors (Lipinski definition) is 2. The van der Waals surface area contributed by atoms with Gasteiger partial charge in [-0.3, -0.25) is 9.59 Å². The minimum atomic E-state index is -0.240. The Kier molecular flexibility index (Phi) is 5.81. The standard InChI is InChI=1S/C19H23N3O2S/c1-13-17(25-19(21-13)14-8-4-2-5-9-14)18(24)20-12-16(23)22-15-10-6-3-7-11-15/h2,4-5,8-9,15H,3,6-7,10-12H2,1H3,(H,20,24)(H,22,23). The molecule has 0 atom stereocenters. The average molecular weight is 357 g/mol. The molecule has 0 saturated heterocycles. The van der Waals surface area contributed by atoms with Crippen LogP contribution in [0, 0.1) is 6.92 Å². The molecule has 6 heteroatoms. The lowest BCUT2D eigenvalue weighted by Gasteiger charge is -2.22. The van der Waals surface area contributed by atoms with Gasteiger partial charge < -0.3 is 10.6 Å². The number of amides is 2. The molecule has 25 heavy (non-hydrogen) atoms. The van der Waals surface area contributed by atoms with Gasteiger partial charge in [0.2, 0.25) is 5.91 Å². The van der Waals surface area contributed by atoms with Crippen LogP contribution in [-0.4, -0.2) is 29.4 Å². The van der Waals surface area contributed by atoms with Crippen molar-refractivity contribution in [3.05, 3.63) is 40.9 Å². The Morgan fingerprint density at radius 2 is 1.88 bits per heavy atom. The Hall–Kier alpha value is -2.21.